The number of benzene rings is 1. The van der Waals surface area contributed by atoms with Gasteiger partial charge in [0.2, 0.25) is 0 Å². The van der Waals surface area contributed by atoms with Gasteiger partial charge in [-0.15, -0.1) is 0 Å². The fourth-order valence-corrected chi connectivity index (χ4v) is 2.86. The zero-order chi connectivity index (χ0) is 11.4. The topological polar surface area (TPSA) is 3.24 Å². The Labute approximate surface area is 99.5 Å². The summed E-state index contributed by atoms with van der Waals surface area (Å²) < 4.78 is 0. The van der Waals surface area contributed by atoms with Crippen molar-refractivity contribution in [1.29, 1.82) is 0 Å². The first-order valence-electron chi connectivity index (χ1n) is 6.58. The molecule has 1 aliphatic rings. The molecule has 1 heteroatoms. The average Bonchev–Trinajstić information content (AvgIpc) is 2.31. The number of likely N-dealkylation sites (tertiary alicyclic amines) is 1. The van der Waals surface area contributed by atoms with Crippen LogP contribution in [0.3, 0.4) is 0 Å². The summed E-state index contributed by atoms with van der Waals surface area (Å²) in [5.41, 5.74) is 1.49. The SMILES string of the molecule is CC(C)[C@@H](c1ccccc1)N1CCCCC1. The highest BCUT2D eigenvalue weighted by Crippen LogP contribution is 2.30. The smallest absolute Gasteiger partial charge is 0.0371 e. The molecule has 1 fully saturated rings. The molecule has 2 rings (SSSR count). The molecule has 0 radical (unpaired) electrons. The van der Waals surface area contributed by atoms with Crippen LogP contribution in [-0.2, 0) is 0 Å². The number of hydrogen-bond acceptors (Lipinski definition) is 1. The summed E-state index contributed by atoms with van der Waals surface area (Å²) in [6, 6.07) is 11.6. The van der Waals surface area contributed by atoms with E-state index in [4.69, 9.17) is 0 Å². The van der Waals surface area contributed by atoms with E-state index in [1.807, 2.05) is 0 Å². The summed E-state index contributed by atoms with van der Waals surface area (Å²) in [6.07, 6.45) is 4.15. The molecule has 1 saturated heterocycles. The lowest BCUT2D eigenvalue weighted by molar-refractivity contribution is 0.128. The molecule has 0 unspecified atom stereocenters. The van der Waals surface area contributed by atoms with E-state index >= 15 is 0 Å². The molecule has 1 heterocycles. The molecule has 0 saturated carbocycles. The van der Waals surface area contributed by atoms with Crippen LogP contribution in [0, 0.1) is 5.92 Å². The van der Waals surface area contributed by atoms with E-state index in [0.29, 0.717) is 12.0 Å². The van der Waals surface area contributed by atoms with Crippen molar-refractivity contribution in [3.63, 3.8) is 0 Å². The number of rotatable bonds is 3. The summed E-state index contributed by atoms with van der Waals surface area (Å²) in [7, 11) is 0. The van der Waals surface area contributed by atoms with Gasteiger partial charge in [-0.25, -0.2) is 0 Å². The Kier molecular flexibility index (Phi) is 4.00. The molecular weight excluding hydrogens is 194 g/mol. The molecule has 0 N–H and O–H groups in total. The van der Waals surface area contributed by atoms with Crippen LogP contribution in [0.4, 0.5) is 0 Å². The third-order valence-electron chi connectivity index (χ3n) is 3.56. The van der Waals surface area contributed by atoms with Crippen molar-refractivity contribution in [2.24, 2.45) is 5.92 Å². The van der Waals surface area contributed by atoms with E-state index in [-0.39, 0.29) is 0 Å². The number of hydrogen-bond donors (Lipinski definition) is 0. The van der Waals surface area contributed by atoms with Crippen molar-refractivity contribution < 1.29 is 0 Å². The average molecular weight is 217 g/mol. The Hall–Kier alpha value is -0.820. The van der Waals surface area contributed by atoms with E-state index in [1.165, 1.54) is 37.9 Å². The van der Waals surface area contributed by atoms with Crippen molar-refractivity contribution in [1.82, 2.24) is 4.90 Å². The maximum atomic E-state index is 2.67. The third-order valence-corrected chi connectivity index (χ3v) is 3.56. The first kappa shape index (κ1) is 11.7. The van der Waals surface area contributed by atoms with Gasteiger partial charge in [0.25, 0.3) is 0 Å². The second-order valence-electron chi connectivity index (χ2n) is 5.20. The van der Waals surface area contributed by atoms with E-state index in [0.717, 1.165) is 0 Å². The Morgan fingerprint density at radius 3 is 2.12 bits per heavy atom. The Balaban J connectivity index is 2.16. The predicted octanol–water partition coefficient (Wildman–Crippen LogP) is 3.87. The Bertz CT molecular complexity index is 298. The van der Waals surface area contributed by atoms with Crippen LogP contribution in [0.25, 0.3) is 0 Å². The van der Waals surface area contributed by atoms with Crippen LogP contribution in [0.15, 0.2) is 30.3 Å². The van der Waals surface area contributed by atoms with Crippen LogP contribution >= 0.6 is 0 Å². The maximum Gasteiger partial charge on any atom is 0.0371 e. The zero-order valence-electron chi connectivity index (χ0n) is 10.5. The van der Waals surface area contributed by atoms with Crippen LogP contribution < -0.4 is 0 Å². The minimum atomic E-state index is 0.612. The second kappa shape index (κ2) is 5.49. The quantitative estimate of drug-likeness (QED) is 0.743. The molecule has 0 bridgehead atoms. The highest BCUT2D eigenvalue weighted by molar-refractivity contribution is 5.19. The van der Waals surface area contributed by atoms with Crippen molar-refractivity contribution in [3.8, 4) is 0 Å². The largest absolute Gasteiger partial charge is 0.296 e. The summed E-state index contributed by atoms with van der Waals surface area (Å²) in [6.45, 7) is 7.23. The van der Waals surface area contributed by atoms with Crippen molar-refractivity contribution >= 4 is 0 Å². The Morgan fingerprint density at radius 1 is 0.938 bits per heavy atom. The number of nitrogens with zero attached hydrogens (tertiary/aromatic N) is 1. The number of piperidine rings is 1. The van der Waals surface area contributed by atoms with Gasteiger partial charge in [-0.1, -0.05) is 50.6 Å². The lowest BCUT2D eigenvalue weighted by Gasteiger charge is -2.37. The van der Waals surface area contributed by atoms with Crippen molar-refractivity contribution in [3.05, 3.63) is 35.9 Å². The predicted molar refractivity (Wildman–Crippen MR) is 69.4 cm³/mol. The first-order chi connectivity index (χ1) is 7.79. The summed E-state index contributed by atoms with van der Waals surface area (Å²) in [5.74, 6) is 0.695. The van der Waals surface area contributed by atoms with Crippen LogP contribution in [0.1, 0.15) is 44.7 Å². The standard InChI is InChI=1S/C15H23N/c1-13(2)15(14-9-5-3-6-10-14)16-11-7-4-8-12-16/h3,5-6,9-10,13,15H,4,7-8,11-12H2,1-2H3/t15-/m0/s1. The molecule has 0 spiro atoms. The van der Waals surface area contributed by atoms with Crippen molar-refractivity contribution in [2.75, 3.05) is 13.1 Å². The van der Waals surface area contributed by atoms with Gasteiger partial charge in [0.1, 0.15) is 0 Å². The minimum Gasteiger partial charge on any atom is -0.296 e. The van der Waals surface area contributed by atoms with Gasteiger partial charge in [-0.3, -0.25) is 4.90 Å². The molecule has 1 aromatic carbocycles. The molecule has 0 aliphatic carbocycles. The van der Waals surface area contributed by atoms with Crippen LogP contribution in [0.2, 0.25) is 0 Å². The van der Waals surface area contributed by atoms with E-state index in [1.54, 1.807) is 0 Å². The minimum absolute atomic E-state index is 0.612. The molecule has 16 heavy (non-hydrogen) atoms. The molecule has 0 amide bonds. The summed E-state index contributed by atoms with van der Waals surface area (Å²) >= 11 is 0. The lowest BCUT2D eigenvalue weighted by Crippen LogP contribution is -2.36. The zero-order valence-corrected chi connectivity index (χ0v) is 10.5. The monoisotopic (exact) mass is 217 g/mol. The third kappa shape index (κ3) is 2.65. The van der Waals surface area contributed by atoms with Gasteiger partial charge in [0, 0.05) is 6.04 Å². The van der Waals surface area contributed by atoms with Gasteiger partial charge < -0.3 is 0 Å². The van der Waals surface area contributed by atoms with Crippen molar-refractivity contribution in [2.45, 2.75) is 39.2 Å². The summed E-state index contributed by atoms with van der Waals surface area (Å²) in [4.78, 5) is 2.67. The van der Waals surface area contributed by atoms with E-state index < -0.39 is 0 Å². The summed E-state index contributed by atoms with van der Waals surface area (Å²) in [5, 5.41) is 0. The molecular formula is C15H23N. The van der Waals surface area contributed by atoms with Gasteiger partial charge in [-0.05, 0) is 37.4 Å². The van der Waals surface area contributed by atoms with Gasteiger partial charge in [0.15, 0.2) is 0 Å². The Morgan fingerprint density at radius 2 is 1.56 bits per heavy atom. The normalized spacial score (nSPS) is 19.9. The maximum absolute atomic E-state index is 2.67. The molecule has 0 aromatic heterocycles. The van der Waals surface area contributed by atoms with E-state index in [9.17, 15) is 0 Å². The fourth-order valence-electron chi connectivity index (χ4n) is 2.86. The van der Waals surface area contributed by atoms with Crippen LogP contribution in [0.5, 0.6) is 0 Å². The highest BCUT2D eigenvalue weighted by Gasteiger charge is 2.24. The molecule has 1 atom stereocenters. The molecule has 1 aromatic rings. The fraction of sp³-hybridized carbons (Fsp3) is 0.600. The van der Waals surface area contributed by atoms with Crippen LogP contribution in [-0.4, -0.2) is 18.0 Å². The molecule has 1 nitrogen and oxygen atoms in total. The van der Waals surface area contributed by atoms with Gasteiger partial charge in [-0.2, -0.15) is 0 Å². The first-order valence-corrected chi connectivity index (χ1v) is 6.58. The molecule has 88 valence electrons. The highest BCUT2D eigenvalue weighted by atomic mass is 15.2. The van der Waals surface area contributed by atoms with Gasteiger partial charge in [0.05, 0.1) is 0 Å². The van der Waals surface area contributed by atoms with E-state index in [2.05, 4.69) is 49.1 Å². The van der Waals surface area contributed by atoms with Gasteiger partial charge >= 0.3 is 0 Å². The lowest BCUT2D eigenvalue weighted by atomic mass is 9.92. The second-order valence-corrected chi connectivity index (χ2v) is 5.20. The molecule has 1 aliphatic heterocycles.